The Hall–Kier alpha value is -4.53. The minimum absolute atomic E-state index is 0.0913. The number of carboxylic acids is 1. The zero-order chi connectivity index (χ0) is 26.0. The van der Waals surface area contributed by atoms with Crippen molar-refractivity contribution in [3.63, 3.8) is 0 Å². The summed E-state index contributed by atoms with van der Waals surface area (Å²) in [6, 6.07) is 15.6. The second-order valence-electron chi connectivity index (χ2n) is 8.78. The highest BCUT2D eigenvalue weighted by Crippen LogP contribution is 2.38. The van der Waals surface area contributed by atoms with Gasteiger partial charge in [-0.25, -0.2) is 4.79 Å². The van der Waals surface area contributed by atoms with Gasteiger partial charge in [0.25, 0.3) is 5.91 Å². The lowest BCUT2D eigenvalue weighted by Gasteiger charge is -2.13. The number of para-hydroxylation sites is 1. The minimum atomic E-state index is -1.12. The average Bonchev–Trinajstić information content (AvgIpc) is 3.12. The van der Waals surface area contributed by atoms with Crippen LogP contribution in [0.1, 0.15) is 35.3 Å². The quantitative estimate of drug-likeness (QED) is 0.438. The van der Waals surface area contributed by atoms with E-state index in [9.17, 15) is 19.8 Å². The molecule has 2 N–H and O–H groups in total. The Balaban J connectivity index is 1.67. The summed E-state index contributed by atoms with van der Waals surface area (Å²) in [5.41, 5.74) is 3.67. The van der Waals surface area contributed by atoms with E-state index in [1.165, 1.54) is 17.1 Å². The topological polar surface area (TPSA) is 124 Å². The molecule has 36 heavy (non-hydrogen) atoms. The molecule has 1 unspecified atom stereocenters. The van der Waals surface area contributed by atoms with Crippen molar-refractivity contribution in [2.24, 2.45) is 15.3 Å². The van der Waals surface area contributed by atoms with Crippen LogP contribution in [0.5, 0.6) is 5.75 Å². The molecular formula is C27H26N4O5. The molecule has 3 aromatic carbocycles. The van der Waals surface area contributed by atoms with Gasteiger partial charge in [-0.15, -0.1) is 5.10 Å². The van der Waals surface area contributed by atoms with Crippen LogP contribution in [0.2, 0.25) is 0 Å². The van der Waals surface area contributed by atoms with E-state index < -0.39 is 17.9 Å². The summed E-state index contributed by atoms with van der Waals surface area (Å²) in [4.78, 5) is 24.6. The van der Waals surface area contributed by atoms with Crippen molar-refractivity contribution in [3.05, 3.63) is 77.4 Å². The summed E-state index contributed by atoms with van der Waals surface area (Å²) >= 11 is 0. The number of carbonyl (C=O) groups is 2. The van der Waals surface area contributed by atoms with E-state index in [1.807, 2.05) is 45.9 Å². The first-order valence-corrected chi connectivity index (χ1v) is 11.4. The van der Waals surface area contributed by atoms with Gasteiger partial charge in [0.1, 0.15) is 5.69 Å². The summed E-state index contributed by atoms with van der Waals surface area (Å²) in [5.74, 6) is -1.58. The number of aromatic carboxylic acids is 1. The Morgan fingerprint density at radius 1 is 1.06 bits per heavy atom. The maximum absolute atomic E-state index is 13.3. The van der Waals surface area contributed by atoms with Crippen LogP contribution in [-0.2, 0) is 9.53 Å². The van der Waals surface area contributed by atoms with Crippen molar-refractivity contribution >= 4 is 29.1 Å². The number of phenolic OH excluding ortho intramolecular Hbond substituents is 1. The maximum atomic E-state index is 13.3. The number of carbonyl (C=O) groups excluding carboxylic acids is 1. The first-order valence-electron chi connectivity index (χ1n) is 11.4. The molecule has 1 aliphatic rings. The van der Waals surface area contributed by atoms with Crippen molar-refractivity contribution in [1.82, 2.24) is 0 Å². The summed E-state index contributed by atoms with van der Waals surface area (Å²) < 4.78 is 5.77. The predicted octanol–water partition coefficient (Wildman–Crippen LogP) is 5.61. The molecule has 184 valence electrons. The normalized spacial score (nSPS) is 15.6. The number of phenols is 1. The first kappa shape index (κ1) is 24.6. The maximum Gasteiger partial charge on any atom is 0.335 e. The highest BCUT2D eigenvalue weighted by Gasteiger charge is 2.39. The number of carboxylic acid groups (broad SMARTS) is 1. The van der Waals surface area contributed by atoms with Crippen LogP contribution in [0.15, 0.2) is 76.0 Å². The van der Waals surface area contributed by atoms with E-state index in [0.717, 1.165) is 11.1 Å². The third-order valence-corrected chi connectivity index (χ3v) is 5.40. The van der Waals surface area contributed by atoms with Gasteiger partial charge < -0.3 is 14.9 Å². The van der Waals surface area contributed by atoms with Gasteiger partial charge in [-0.3, -0.25) is 4.79 Å². The lowest BCUT2D eigenvalue weighted by Crippen LogP contribution is -2.32. The van der Waals surface area contributed by atoms with E-state index in [1.54, 1.807) is 30.3 Å². The van der Waals surface area contributed by atoms with Crippen LogP contribution >= 0.6 is 0 Å². The van der Waals surface area contributed by atoms with Crippen LogP contribution in [0.4, 0.5) is 11.4 Å². The zero-order valence-corrected chi connectivity index (χ0v) is 20.3. The number of amides is 1. The first-order chi connectivity index (χ1) is 17.1. The van der Waals surface area contributed by atoms with Gasteiger partial charge in [-0.1, -0.05) is 30.3 Å². The molecule has 1 aliphatic heterocycles. The Kier molecular flexibility index (Phi) is 6.82. The van der Waals surface area contributed by atoms with Crippen LogP contribution in [0.3, 0.4) is 0 Å². The zero-order valence-electron chi connectivity index (χ0n) is 20.3. The molecule has 0 spiro atoms. The molecule has 0 fully saturated rings. The van der Waals surface area contributed by atoms with E-state index in [-0.39, 0.29) is 29.0 Å². The fraction of sp³-hybridized carbons (Fsp3) is 0.222. The molecule has 3 aromatic rings. The molecule has 0 radical (unpaired) electrons. The van der Waals surface area contributed by atoms with Crippen LogP contribution in [0, 0.1) is 13.8 Å². The van der Waals surface area contributed by atoms with E-state index in [2.05, 4.69) is 15.3 Å². The number of hydrogen-bond acceptors (Lipinski definition) is 7. The van der Waals surface area contributed by atoms with Crippen LogP contribution in [0.25, 0.3) is 11.1 Å². The minimum Gasteiger partial charge on any atom is -0.505 e. The third-order valence-electron chi connectivity index (χ3n) is 5.40. The van der Waals surface area contributed by atoms with Crippen molar-refractivity contribution in [1.29, 1.82) is 0 Å². The number of ether oxygens (including phenoxy) is 1. The van der Waals surface area contributed by atoms with E-state index in [0.29, 0.717) is 16.8 Å². The standard InChI is InChI=1S/C27H26N4O5/c1-15(2)36-25-23(26(33)31(30-25)20-12-16(3)11-17(4)13-20)29-28-22-10-6-9-21(24(22)32)18-7-5-8-19(14-18)27(34)35/h5-15,23,32H,1-4H3,(H,34,35). The molecule has 1 amide bonds. The summed E-state index contributed by atoms with van der Waals surface area (Å²) in [6.45, 7) is 7.51. The van der Waals surface area contributed by atoms with Crippen molar-refractivity contribution < 1.29 is 24.5 Å². The van der Waals surface area contributed by atoms with Gasteiger partial charge in [0.2, 0.25) is 11.9 Å². The van der Waals surface area contributed by atoms with Gasteiger partial charge in [0.05, 0.1) is 17.4 Å². The van der Waals surface area contributed by atoms with Gasteiger partial charge in [-0.2, -0.15) is 15.2 Å². The van der Waals surface area contributed by atoms with Crippen molar-refractivity contribution in [3.8, 4) is 16.9 Å². The SMILES string of the molecule is Cc1cc(C)cc(N2N=C(OC(C)C)C(N=Nc3cccc(-c4cccc(C(=O)O)c4)c3O)C2=O)c1. The number of benzene rings is 3. The molecule has 1 heterocycles. The van der Waals surface area contributed by atoms with Crippen molar-refractivity contribution in [2.45, 2.75) is 39.8 Å². The number of anilines is 1. The Morgan fingerprint density at radius 3 is 2.42 bits per heavy atom. The Morgan fingerprint density at radius 2 is 1.75 bits per heavy atom. The third kappa shape index (κ3) is 5.10. The van der Waals surface area contributed by atoms with E-state index >= 15 is 0 Å². The average molecular weight is 487 g/mol. The van der Waals surface area contributed by atoms with Crippen molar-refractivity contribution in [2.75, 3.05) is 5.01 Å². The number of aromatic hydroxyl groups is 1. The van der Waals surface area contributed by atoms with Gasteiger partial charge in [0.15, 0.2) is 5.75 Å². The molecule has 9 nitrogen and oxygen atoms in total. The smallest absolute Gasteiger partial charge is 0.335 e. The Bertz CT molecular complexity index is 1380. The molecule has 0 bridgehead atoms. The highest BCUT2D eigenvalue weighted by atomic mass is 16.5. The van der Waals surface area contributed by atoms with Crippen LogP contribution < -0.4 is 5.01 Å². The summed E-state index contributed by atoms with van der Waals surface area (Å²) in [5, 5.41) is 34.1. The lowest BCUT2D eigenvalue weighted by molar-refractivity contribution is -0.118. The highest BCUT2D eigenvalue weighted by molar-refractivity contribution is 6.16. The number of rotatable bonds is 6. The monoisotopic (exact) mass is 486 g/mol. The summed E-state index contributed by atoms with van der Waals surface area (Å²) in [7, 11) is 0. The molecule has 0 aliphatic carbocycles. The van der Waals surface area contributed by atoms with E-state index in [4.69, 9.17) is 4.74 Å². The number of aryl methyl sites for hydroxylation is 2. The van der Waals surface area contributed by atoms with Gasteiger partial charge in [-0.05, 0) is 74.7 Å². The van der Waals surface area contributed by atoms with Crippen LogP contribution in [-0.4, -0.2) is 40.1 Å². The number of hydrogen-bond donors (Lipinski definition) is 2. The number of hydrazone groups is 1. The number of azo groups is 1. The number of nitrogens with zero attached hydrogens (tertiary/aromatic N) is 4. The molecule has 0 saturated heterocycles. The molecule has 1 atom stereocenters. The van der Waals surface area contributed by atoms with Gasteiger partial charge >= 0.3 is 5.97 Å². The fourth-order valence-corrected chi connectivity index (χ4v) is 3.89. The van der Waals surface area contributed by atoms with Gasteiger partial charge in [0, 0.05) is 5.56 Å². The Labute approximate surface area is 208 Å². The largest absolute Gasteiger partial charge is 0.505 e. The predicted molar refractivity (Wildman–Crippen MR) is 136 cm³/mol. The second-order valence-corrected chi connectivity index (χ2v) is 8.78. The molecular weight excluding hydrogens is 460 g/mol. The molecule has 4 rings (SSSR count). The lowest BCUT2D eigenvalue weighted by atomic mass is 10.0. The molecule has 0 aromatic heterocycles. The molecule has 9 heteroatoms. The second kappa shape index (κ2) is 9.99. The fourth-order valence-electron chi connectivity index (χ4n) is 3.89. The summed E-state index contributed by atoms with van der Waals surface area (Å²) in [6.07, 6.45) is -0.244. The molecule has 0 saturated carbocycles.